The van der Waals surface area contributed by atoms with Crippen LogP contribution in [0.1, 0.15) is 63.5 Å². The van der Waals surface area contributed by atoms with Gasteiger partial charge >= 0.3 is 0 Å². The van der Waals surface area contributed by atoms with Crippen LogP contribution in [0.2, 0.25) is 0 Å². The summed E-state index contributed by atoms with van der Waals surface area (Å²) in [7, 11) is 0. The molecule has 1 aliphatic carbocycles. The molecule has 2 aliphatic rings. The van der Waals surface area contributed by atoms with Gasteiger partial charge in [-0.2, -0.15) is 4.98 Å². The highest BCUT2D eigenvalue weighted by Gasteiger charge is 2.29. The summed E-state index contributed by atoms with van der Waals surface area (Å²) >= 11 is 0. The second kappa shape index (κ2) is 8.81. The fraction of sp³-hybridized carbons (Fsp3) is 0.789. The maximum atomic E-state index is 5.96. The van der Waals surface area contributed by atoms with Gasteiger partial charge in [-0.25, -0.2) is 4.98 Å². The van der Waals surface area contributed by atoms with Gasteiger partial charge in [0.1, 0.15) is 5.82 Å². The van der Waals surface area contributed by atoms with Gasteiger partial charge in [0.2, 0.25) is 5.95 Å². The molecule has 1 aliphatic heterocycles. The van der Waals surface area contributed by atoms with Crippen molar-refractivity contribution in [1.29, 1.82) is 0 Å². The number of hydrogen-bond donors (Lipinski definition) is 2. The first-order valence-electron chi connectivity index (χ1n) is 10.0. The Morgan fingerprint density at radius 2 is 1.76 bits per heavy atom. The third-order valence-corrected chi connectivity index (χ3v) is 5.62. The number of hydrogen-bond acceptors (Lipinski definition) is 6. The summed E-state index contributed by atoms with van der Waals surface area (Å²) in [4.78, 5) is 13.9. The van der Waals surface area contributed by atoms with Gasteiger partial charge in [-0.1, -0.05) is 32.6 Å². The maximum Gasteiger partial charge on any atom is 0.222 e. The Morgan fingerprint density at radius 1 is 1.04 bits per heavy atom. The quantitative estimate of drug-likeness (QED) is 0.703. The van der Waals surface area contributed by atoms with Crippen LogP contribution in [0, 0.1) is 0 Å². The van der Waals surface area contributed by atoms with Crippen LogP contribution < -0.4 is 16.4 Å². The SMILES string of the molecule is CCCCCCCN1CCN(c2cc(C3CC(N)C3)nc(N)n2)CC1. The van der Waals surface area contributed by atoms with E-state index >= 15 is 0 Å². The smallest absolute Gasteiger partial charge is 0.222 e. The van der Waals surface area contributed by atoms with Crippen LogP contribution in [0.25, 0.3) is 0 Å². The zero-order chi connectivity index (χ0) is 17.6. The first-order valence-corrected chi connectivity index (χ1v) is 10.0. The van der Waals surface area contributed by atoms with Gasteiger partial charge < -0.3 is 16.4 Å². The molecule has 25 heavy (non-hydrogen) atoms. The molecule has 4 N–H and O–H groups in total. The van der Waals surface area contributed by atoms with E-state index in [1.54, 1.807) is 0 Å². The zero-order valence-electron chi connectivity index (χ0n) is 15.7. The minimum absolute atomic E-state index is 0.325. The lowest BCUT2D eigenvalue weighted by molar-refractivity contribution is 0.251. The molecule has 0 bridgehead atoms. The van der Waals surface area contributed by atoms with Crippen LogP contribution in [0.3, 0.4) is 0 Å². The van der Waals surface area contributed by atoms with E-state index in [4.69, 9.17) is 11.5 Å². The van der Waals surface area contributed by atoms with Crippen molar-refractivity contribution in [2.75, 3.05) is 43.4 Å². The lowest BCUT2D eigenvalue weighted by Gasteiger charge is -2.36. The lowest BCUT2D eigenvalue weighted by Crippen LogP contribution is -2.47. The molecule has 0 aromatic carbocycles. The Kier molecular flexibility index (Phi) is 6.48. The summed E-state index contributed by atoms with van der Waals surface area (Å²) in [6.45, 7) is 7.77. The summed E-state index contributed by atoms with van der Waals surface area (Å²) in [6.07, 6.45) is 8.79. The van der Waals surface area contributed by atoms with Crippen molar-refractivity contribution >= 4 is 11.8 Å². The molecule has 2 heterocycles. The van der Waals surface area contributed by atoms with Crippen LogP contribution in [0.5, 0.6) is 0 Å². The van der Waals surface area contributed by atoms with Crippen molar-refractivity contribution in [3.05, 3.63) is 11.8 Å². The number of unbranched alkanes of at least 4 members (excludes halogenated alkanes) is 4. The van der Waals surface area contributed by atoms with E-state index in [2.05, 4.69) is 32.8 Å². The molecular weight excluding hydrogens is 312 g/mol. The van der Waals surface area contributed by atoms with Gasteiger partial charge in [0, 0.05) is 44.2 Å². The highest BCUT2D eigenvalue weighted by Crippen LogP contribution is 2.35. The number of nitrogens with zero attached hydrogens (tertiary/aromatic N) is 4. The van der Waals surface area contributed by atoms with Crippen LogP contribution in [-0.2, 0) is 0 Å². The fourth-order valence-corrected chi connectivity index (χ4v) is 3.89. The lowest BCUT2D eigenvalue weighted by atomic mass is 9.78. The fourth-order valence-electron chi connectivity index (χ4n) is 3.89. The standard InChI is InChI=1S/C19H34N6/c1-2-3-4-5-6-7-24-8-10-25(11-9-24)18-14-17(22-19(21)23-18)15-12-16(20)13-15/h14-16H,2-13,20H2,1H3,(H2,21,22,23). The molecule has 0 unspecified atom stereocenters. The van der Waals surface area contributed by atoms with Crippen LogP contribution >= 0.6 is 0 Å². The second-order valence-corrected chi connectivity index (χ2v) is 7.68. The number of aromatic nitrogens is 2. The molecule has 0 spiro atoms. The van der Waals surface area contributed by atoms with Gasteiger partial charge in [0.15, 0.2) is 0 Å². The van der Waals surface area contributed by atoms with Crippen molar-refractivity contribution < 1.29 is 0 Å². The Hall–Kier alpha value is -1.40. The van der Waals surface area contributed by atoms with Crippen molar-refractivity contribution in [3.63, 3.8) is 0 Å². The summed E-state index contributed by atoms with van der Waals surface area (Å²) < 4.78 is 0. The summed E-state index contributed by atoms with van der Waals surface area (Å²) in [5.41, 5.74) is 12.9. The highest BCUT2D eigenvalue weighted by atomic mass is 15.3. The van der Waals surface area contributed by atoms with Gasteiger partial charge in [-0.15, -0.1) is 0 Å². The Balaban J connectivity index is 1.47. The Bertz CT molecular complexity index is 535. The number of anilines is 2. The molecule has 0 amide bonds. The summed E-state index contributed by atoms with van der Waals surface area (Å²) in [6, 6.07) is 2.46. The number of piperazine rings is 1. The van der Waals surface area contributed by atoms with Gasteiger partial charge in [-0.05, 0) is 25.8 Å². The summed E-state index contributed by atoms with van der Waals surface area (Å²) in [5, 5.41) is 0. The van der Waals surface area contributed by atoms with Crippen molar-refractivity contribution in [3.8, 4) is 0 Å². The normalized spacial score (nSPS) is 24.3. The molecule has 6 heteroatoms. The third kappa shape index (κ3) is 5.05. The second-order valence-electron chi connectivity index (χ2n) is 7.68. The van der Waals surface area contributed by atoms with Crippen molar-refractivity contribution in [2.24, 2.45) is 5.73 Å². The molecule has 1 saturated carbocycles. The van der Waals surface area contributed by atoms with Gasteiger partial charge in [-0.3, -0.25) is 4.90 Å². The molecule has 1 saturated heterocycles. The highest BCUT2D eigenvalue weighted by molar-refractivity contribution is 5.45. The average molecular weight is 347 g/mol. The molecule has 0 atom stereocenters. The monoisotopic (exact) mass is 346 g/mol. The molecule has 1 aromatic rings. The first kappa shape index (κ1) is 18.4. The van der Waals surface area contributed by atoms with E-state index in [0.29, 0.717) is 17.9 Å². The molecule has 0 radical (unpaired) electrons. The molecule has 1 aromatic heterocycles. The molecule has 140 valence electrons. The minimum atomic E-state index is 0.325. The largest absolute Gasteiger partial charge is 0.368 e. The molecule has 6 nitrogen and oxygen atoms in total. The third-order valence-electron chi connectivity index (χ3n) is 5.62. The number of nitrogens with two attached hydrogens (primary N) is 2. The van der Waals surface area contributed by atoms with Crippen LogP contribution in [0.15, 0.2) is 6.07 Å². The van der Waals surface area contributed by atoms with E-state index in [0.717, 1.165) is 50.5 Å². The van der Waals surface area contributed by atoms with Gasteiger partial charge in [0.25, 0.3) is 0 Å². The first-order chi connectivity index (χ1) is 12.2. The summed E-state index contributed by atoms with van der Waals surface area (Å²) in [5.74, 6) is 1.85. The Labute approximate surface area is 152 Å². The minimum Gasteiger partial charge on any atom is -0.368 e. The Morgan fingerprint density at radius 3 is 2.44 bits per heavy atom. The molecule has 2 fully saturated rings. The average Bonchev–Trinajstić information content (AvgIpc) is 2.59. The maximum absolute atomic E-state index is 5.96. The number of rotatable bonds is 8. The van der Waals surface area contributed by atoms with E-state index in [-0.39, 0.29) is 0 Å². The van der Waals surface area contributed by atoms with Crippen LogP contribution in [-0.4, -0.2) is 53.6 Å². The predicted molar refractivity (Wildman–Crippen MR) is 104 cm³/mol. The topological polar surface area (TPSA) is 84.3 Å². The van der Waals surface area contributed by atoms with E-state index in [1.807, 2.05) is 0 Å². The van der Waals surface area contributed by atoms with E-state index < -0.39 is 0 Å². The van der Waals surface area contributed by atoms with Crippen molar-refractivity contribution in [2.45, 2.75) is 63.8 Å². The molecular formula is C19H34N6. The predicted octanol–water partition coefficient (Wildman–Crippen LogP) is 2.36. The van der Waals surface area contributed by atoms with Gasteiger partial charge in [0.05, 0.1) is 5.69 Å². The van der Waals surface area contributed by atoms with Crippen LogP contribution in [0.4, 0.5) is 11.8 Å². The van der Waals surface area contributed by atoms with Crippen molar-refractivity contribution in [1.82, 2.24) is 14.9 Å². The van der Waals surface area contributed by atoms with E-state index in [9.17, 15) is 0 Å². The number of nitrogen functional groups attached to an aromatic ring is 1. The molecule has 3 rings (SSSR count). The zero-order valence-corrected chi connectivity index (χ0v) is 15.7. The van der Waals surface area contributed by atoms with E-state index in [1.165, 1.54) is 38.6 Å².